The quantitative estimate of drug-likeness (QED) is 0.646. The molecule has 0 amide bonds. The lowest BCUT2D eigenvalue weighted by Crippen LogP contribution is -2.13. The van der Waals surface area contributed by atoms with Gasteiger partial charge in [-0.1, -0.05) is 13.0 Å². The maximum atomic E-state index is 12.1. The van der Waals surface area contributed by atoms with Crippen LogP contribution in [0.2, 0.25) is 0 Å². The molecular weight excluding hydrogens is 296 g/mol. The molecule has 0 saturated carbocycles. The first-order chi connectivity index (χ1) is 9.83. The van der Waals surface area contributed by atoms with Crippen molar-refractivity contribution in [2.75, 3.05) is 4.72 Å². The van der Waals surface area contributed by atoms with E-state index in [0.717, 1.165) is 0 Å². The summed E-state index contributed by atoms with van der Waals surface area (Å²) in [5.41, 5.74) is 0.560. The van der Waals surface area contributed by atoms with Crippen molar-refractivity contribution in [3.05, 3.63) is 45.9 Å². The van der Waals surface area contributed by atoms with Crippen LogP contribution < -0.4 is 4.72 Å². The number of nitrogens with zero attached hydrogens (tertiary/aromatic N) is 2. The van der Waals surface area contributed by atoms with Gasteiger partial charge in [0.1, 0.15) is 5.82 Å². The Morgan fingerprint density at radius 2 is 2.14 bits per heavy atom. The minimum absolute atomic E-state index is 0.0952. The highest BCUT2D eigenvalue weighted by Crippen LogP contribution is 2.25. The molecule has 0 fully saturated rings. The lowest BCUT2D eigenvalue weighted by Gasteiger charge is -2.07. The Morgan fingerprint density at radius 1 is 1.43 bits per heavy atom. The summed E-state index contributed by atoms with van der Waals surface area (Å²) in [7, 11) is -3.85. The minimum Gasteiger partial charge on any atom is -0.332 e. The molecule has 2 N–H and O–H groups in total. The second-order valence-corrected chi connectivity index (χ2v) is 6.04. The van der Waals surface area contributed by atoms with Gasteiger partial charge in [0.05, 0.1) is 16.8 Å². The standard InChI is InChI=1S/C12H14N4O4S/c1-3-9-4-5-10(6-11(9)16(17)18)15-21(19,20)12-7-13-8(2)14-12/h4-7,15H,3H2,1-2H3,(H,13,14). The Labute approximate surface area is 121 Å². The highest BCUT2D eigenvalue weighted by Gasteiger charge is 2.19. The number of hydrogen-bond acceptors (Lipinski definition) is 5. The van der Waals surface area contributed by atoms with Crippen LogP contribution >= 0.6 is 0 Å². The van der Waals surface area contributed by atoms with E-state index in [1.54, 1.807) is 13.8 Å². The summed E-state index contributed by atoms with van der Waals surface area (Å²) in [5.74, 6) is 0.461. The summed E-state index contributed by atoms with van der Waals surface area (Å²) in [6.45, 7) is 3.42. The molecular formula is C12H14N4O4S. The van der Waals surface area contributed by atoms with Crippen molar-refractivity contribution in [2.45, 2.75) is 25.3 Å². The van der Waals surface area contributed by atoms with Crippen molar-refractivity contribution >= 4 is 21.4 Å². The number of imidazole rings is 1. The van der Waals surface area contributed by atoms with Gasteiger partial charge in [-0.2, -0.15) is 8.42 Å². The maximum absolute atomic E-state index is 12.1. The van der Waals surface area contributed by atoms with Crippen molar-refractivity contribution in [3.63, 3.8) is 0 Å². The van der Waals surface area contributed by atoms with E-state index >= 15 is 0 Å². The average Bonchev–Trinajstić information content (AvgIpc) is 2.85. The molecule has 0 saturated heterocycles. The molecule has 0 aliphatic heterocycles. The van der Waals surface area contributed by atoms with Crippen LogP contribution in [0.5, 0.6) is 0 Å². The van der Waals surface area contributed by atoms with E-state index < -0.39 is 14.9 Å². The van der Waals surface area contributed by atoms with Gasteiger partial charge in [0, 0.05) is 11.6 Å². The van der Waals surface area contributed by atoms with E-state index in [0.29, 0.717) is 17.8 Å². The zero-order valence-corrected chi connectivity index (χ0v) is 12.3. The van der Waals surface area contributed by atoms with Crippen LogP contribution in [0.15, 0.2) is 29.4 Å². The number of nitrogens with one attached hydrogen (secondary N) is 2. The average molecular weight is 310 g/mol. The van der Waals surface area contributed by atoms with Crippen molar-refractivity contribution in [1.29, 1.82) is 0 Å². The predicted molar refractivity (Wildman–Crippen MR) is 76.6 cm³/mol. The third kappa shape index (κ3) is 3.19. The summed E-state index contributed by atoms with van der Waals surface area (Å²) in [6.07, 6.45) is 1.68. The molecule has 0 aliphatic carbocycles. The fourth-order valence-electron chi connectivity index (χ4n) is 1.84. The first-order valence-corrected chi connectivity index (χ1v) is 7.63. The van der Waals surface area contributed by atoms with Crippen LogP contribution in [0.25, 0.3) is 0 Å². The minimum atomic E-state index is -3.85. The van der Waals surface area contributed by atoms with E-state index in [9.17, 15) is 18.5 Å². The van der Waals surface area contributed by atoms with Crippen molar-refractivity contribution < 1.29 is 13.3 Å². The van der Waals surface area contributed by atoms with Gasteiger partial charge in [0.25, 0.3) is 15.7 Å². The molecule has 0 atom stereocenters. The molecule has 0 radical (unpaired) electrons. The SMILES string of the molecule is CCc1ccc(NS(=O)(=O)c2cnc(C)[nH]2)cc1[N+](=O)[O-]. The van der Waals surface area contributed by atoms with Gasteiger partial charge in [-0.05, 0) is 19.4 Å². The Bertz CT molecular complexity index is 782. The highest BCUT2D eigenvalue weighted by molar-refractivity contribution is 7.92. The summed E-state index contributed by atoms with van der Waals surface area (Å²) >= 11 is 0. The molecule has 8 nitrogen and oxygen atoms in total. The van der Waals surface area contributed by atoms with Gasteiger partial charge in [-0.25, -0.2) is 4.98 Å². The first kappa shape index (κ1) is 15.0. The topological polar surface area (TPSA) is 118 Å². The van der Waals surface area contributed by atoms with Gasteiger partial charge in [0.2, 0.25) is 0 Å². The fraction of sp³-hybridized carbons (Fsp3) is 0.250. The maximum Gasteiger partial charge on any atom is 0.278 e. The summed E-state index contributed by atoms with van der Waals surface area (Å²) in [6, 6.07) is 4.24. The van der Waals surface area contributed by atoms with E-state index in [-0.39, 0.29) is 16.4 Å². The summed E-state index contributed by atoms with van der Waals surface area (Å²) in [4.78, 5) is 16.9. The molecule has 0 bridgehead atoms. The van der Waals surface area contributed by atoms with Crippen LogP contribution in [-0.2, 0) is 16.4 Å². The van der Waals surface area contributed by atoms with E-state index in [2.05, 4.69) is 14.7 Å². The molecule has 9 heteroatoms. The number of aromatic nitrogens is 2. The number of anilines is 1. The van der Waals surface area contributed by atoms with Gasteiger partial charge in [-0.15, -0.1) is 0 Å². The number of hydrogen-bond donors (Lipinski definition) is 2. The summed E-state index contributed by atoms with van der Waals surface area (Å²) < 4.78 is 26.5. The smallest absolute Gasteiger partial charge is 0.278 e. The van der Waals surface area contributed by atoms with Crippen LogP contribution in [0, 0.1) is 17.0 Å². The summed E-state index contributed by atoms with van der Waals surface area (Å²) in [5, 5.41) is 10.9. The van der Waals surface area contributed by atoms with Crippen molar-refractivity contribution in [2.24, 2.45) is 0 Å². The van der Waals surface area contributed by atoms with E-state index in [1.165, 1.54) is 24.4 Å². The fourth-order valence-corrected chi connectivity index (χ4v) is 2.86. The van der Waals surface area contributed by atoms with Gasteiger partial charge in [0.15, 0.2) is 5.03 Å². The number of rotatable bonds is 5. The normalized spacial score (nSPS) is 11.3. The number of H-pyrrole nitrogens is 1. The van der Waals surface area contributed by atoms with Crippen LogP contribution in [0.1, 0.15) is 18.3 Å². The van der Waals surface area contributed by atoms with Crippen LogP contribution in [-0.4, -0.2) is 23.3 Å². The van der Waals surface area contributed by atoms with Crippen LogP contribution in [0.3, 0.4) is 0 Å². The zero-order chi connectivity index (χ0) is 15.6. The molecule has 0 unspecified atom stereocenters. The lowest BCUT2D eigenvalue weighted by atomic mass is 10.1. The number of nitro benzene ring substituents is 1. The number of aryl methyl sites for hydroxylation is 2. The van der Waals surface area contributed by atoms with Gasteiger partial charge < -0.3 is 4.98 Å². The number of benzene rings is 1. The van der Waals surface area contributed by atoms with Gasteiger partial charge in [-0.3, -0.25) is 14.8 Å². The van der Waals surface area contributed by atoms with Crippen molar-refractivity contribution in [3.8, 4) is 0 Å². The lowest BCUT2D eigenvalue weighted by molar-refractivity contribution is -0.385. The second-order valence-electron chi connectivity index (χ2n) is 4.39. The predicted octanol–water partition coefficient (Wildman–Crippen LogP) is 1.99. The van der Waals surface area contributed by atoms with E-state index in [1.807, 2.05) is 0 Å². The third-order valence-electron chi connectivity index (χ3n) is 2.88. The number of nitro groups is 1. The monoisotopic (exact) mass is 310 g/mol. The molecule has 1 aromatic carbocycles. The largest absolute Gasteiger partial charge is 0.332 e. The van der Waals surface area contributed by atoms with E-state index in [4.69, 9.17) is 0 Å². The Morgan fingerprint density at radius 3 is 2.67 bits per heavy atom. The van der Waals surface area contributed by atoms with Gasteiger partial charge >= 0.3 is 0 Å². The third-order valence-corrected chi connectivity index (χ3v) is 4.18. The Kier molecular flexibility index (Phi) is 3.94. The molecule has 1 heterocycles. The molecule has 0 aliphatic rings. The van der Waals surface area contributed by atoms with Crippen LogP contribution in [0.4, 0.5) is 11.4 Å². The molecule has 21 heavy (non-hydrogen) atoms. The molecule has 112 valence electrons. The second kappa shape index (κ2) is 5.52. The molecule has 2 aromatic rings. The first-order valence-electron chi connectivity index (χ1n) is 6.15. The number of sulfonamides is 1. The molecule has 1 aromatic heterocycles. The Balaban J connectivity index is 2.36. The Hall–Kier alpha value is -2.42. The zero-order valence-electron chi connectivity index (χ0n) is 11.5. The highest BCUT2D eigenvalue weighted by atomic mass is 32.2. The molecule has 0 spiro atoms. The molecule has 2 rings (SSSR count). The van der Waals surface area contributed by atoms with Crippen molar-refractivity contribution in [1.82, 2.24) is 9.97 Å². The number of aromatic amines is 1.